The summed E-state index contributed by atoms with van der Waals surface area (Å²) < 4.78 is 1.87. The van der Waals surface area contributed by atoms with E-state index < -0.39 is 0 Å². The number of nitrogens with zero attached hydrogens (tertiary/aromatic N) is 4. The second-order valence-electron chi connectivity index (χ2n) is 7.90. The van der Waals surface area contributed by atoms with Crippen LogP contribution in [0, 0.1) is 12.8 Å². The number of halogens is 1. The summed E-state index contributed by atoms with van der Waals surface area (Å²) in [5, 5.41) is 17.4. The van der Waals surface area contributed by atoms with Crippen molar-refractivity contribution in [3.8, 4) is 5.69 Å². The first-order chi connectivity index (χ1) is 13.6. The smallest absolute Gasteiger partial charge is 0.176 e. The summed E-state index contributed by atoms with van der Waals surface area (Å²) >= 11 is 6.37. The summed E-state index contributed by atoms with van der Waals surface area (Å²) in [6, 6.07) is 16.4. The van der Waals surface area contributed by atoms with Crippen LogP contribution < -0.4 is 5.32 Å². The monoisotopic (exact) mass is 395 g/mol. The van der Waals surface area contributed by atoms with Crippen LogP contribution in [0.3, 0.4) is 0 Å². The van der Waals surface area contributed by atoms with Crippen LogP contribution in [0.1, 0.15) is 49.6 Å². The Kier molecular flexibility index (Phi) is 5.47. The van der Waals surface area contributed by atoms with Crippen LogP contribution in [0.25, 0.3) is 5.69 Å². The summed E-state index contributed by atoms with van der Waals surface area (Å²) in [6.07, 6.45) is 4.34. The van der Waals surface area contributed by atoms with Crippen LogP contribution in [0.4, 0.5) is 0 Å². The van der Waals surface area contributed by atoms with Gasteiger partial charge in [0, 0.05) is 11.6 Å². The third-order valence-corrected chi connectivity index (χ3v) is 6.38. The van der Waals surface area contributed by atoms with Crippen LogP contribution in [-0.2, 0) is 12.1 Å². The SMILES string of the molecule is Cc1c(Cl)cccc1-n1nnnc1C1(NCc2ccccc2)CCC(C)CC1. The molecule has 1 fully saturated rings. The normalized spacial score (nSPS) is 22.3. The lowest BCUT2D eigenvalue weighted by molar-refractivity contribution is 0.180. The largest absolute Gasteiger partial charge is 0.301 e. The summed E-state index contributed by atoms with van der Waals surface area (Å²) in [4.78, 5) is 0. The van der Waals surface area contributed by atoms with E-state index in [4.69, 9.17) is 11.6 Å². The Bertz CT molecular complexity index is 929. The lowest BCUT2D eigenvalue weighted by Gasteiger charge is -2.39. The van der Waals surface area contributed by atoms with Gasteiger partial charge in [-0.15, -0.1) is 5.10 Å². The van der Waals surface area contributed by atoms with Crippen molar-refractivity contribution < 1.29 is 0 Å². The van der Waals surface area contributed by atoms with Gasteiger partial charge in [0.25, 0.3) is 0 Å². The van der Waals surface area contributed by atoms with Gasteiger partial charge in [-0.25, -0.2) is 0 Å². The first-order valence-electron chi connectivity index (χ1n) is 9.92. The van der Waals surface area contributed by atoms with Crippen molar-refractivity contribution in [1.29, 1.82) is 0 Å². The van der Waals surface area contributed by atoms with E-state index in [0.29, 0.717) is 0 Å². The van der Waals surface area contributed by atoms with Crippen LogP contribution >= 0.6 is 11.6 Å². The standard InChI is InChI=1S/C22H26ClN5/c1-16-11-13-22(14-12-16,24-15-18-7-4-3-5-8-18)21-25-26-27-28(21)20-10-6-9-19(23)17(20)2/h3-10,16,24H,11-15H2,1-2H3. The van der Waals surface area contributed by atoms with E-state index in [9.17, 15) is 0 Å². The maximum atomic E-state index is 6.37. The molecule has 28 heavy (non-hydrogen) atoms. The molecule has 4 rings (SSSR count). The fourth-order valence-corrected chi connectivity index (χ4v) is 4.24. The first-order valence-corrected chi connectivity index (χ1v) is 10.3. The molecule has 0 amide bonds. The molecule has 0 radical (unpaired) electrons. The Morgan fingerprint density at radius 1 is 1.11 bits per heavy atom. The summed E-state index contributed by atoms with van der Waals surface area (Å²) in [6.45, 7) is 5.12. The molecule has 0 atom stereocenters. The van der Waals surface area contributed by atoms with Crippen molar-refractivity contribution in [3.05, 3.63) is 70.5 Å². The van der Waals surface area contributed by atoms with Crippen molar-refractivity contribution in [3.63, 3.8) is 0 Å². The second kappa shape index (κ2) is 8.02. The minimum absolute atomic E-state index is 0.249. The van der Waals surface area contributed by atoms with Gasteiger partial charge in [-0.05, 0) is 72.2 Å². The molecule has 146 valence electrons. The number of hydrogen-bond donors (Lipinski definition) is 1. The van der Waals surface area contributed by atoms with Crippen LogP contribution in [-0.4, -0.2) is 20.2 Å². The van der Waals surface area contributed by atoms with E-state index in [2.05, 4.69) is 52.0 Å². The van der Waals surface area contributed by atoms with Gasteiger partial charge in [0.1, 0.15) is 0 Å². The molecule has 2 aromatic carbocycles. The Morgan fingerprint density at radius 2 is 1.86 bits per heavy atom. The van der Waals surface area contributed by atoms with Crippen LogP contribution in [0.15, 0.2) is 48.5 Å². The summed E-state index contributed by atoms with van der Waals surface area (Å²) in [5.41, 5.74) is 2.94. The van der Waals surface area contributed by atoms with Crippen molar-refractivity contribution in [2.45, 2.75) is 51.6 Å². The van der Waals surface area contributed by atoms with E-state index >= 15 is 0 Å². The molecule has 1 aliphatic carbocycles. The molecule has 1 aromatic heterocycles. The van der Waals surface area contributed by atoms with Gasteiger partial charge in [-0.1, -0.05) is 54.9 Å². The van der Waals surface area contributed by atoms with E-state index in [-0.39, 0.29) is 5.54 Å². The Morgan fingerprint density at radius 3 is 2.61 bits per heavy atom. The van der Waals surface area contributed by atoms with Crippen molar-refractivity contribution >= 4 is 11.6 Å². The molecule has 0 unspecified atom stereocenters. The molecular weight excluding hydrogens is 370 g/mol. The Hall–Kier alpha value is -2.24. The Balaban J connectivity index is 1.72. The van der Waals surface area contributed by atoms with Gasteiger partial charge >= 0.3 is 0 Å². The molecule has 0 aliphatic heterocycles. The molecular formula is C22H26ClN5. The molecule has 3 aromatic rings. The lowest BCUT2D eigenvalue weighted by Crippen LogP contribution is -2.46. The average Bonchev–Trinajstić information content (AvgIpc) is 3.21. The van der Waals surface area contributed by atoms with E-state index in [1.165, 1.54) is 5.56 Å². The molecule has 0 bridgehead atoms. The molecule has 1 heterocycles. The van der Waals surface area contributed by atoms with Gasteiger partial charge < -0.3 is 5.32 Å². The molecule has 1 saturated carbocycles. The number of hydrogen-bond acceptors (Lipinski definition) is 4. The third-order valence-electron chi connectivity index (χ3n) is 5.97. The third kappa shape index (κ3) is 3.69. The highest BCUT2D eigenvalue weighted by Gasteiger charge is 2.40. The number of nitrogens with one attached hydrogen (secondary N) is 1. The molecule has 0 saturated heterocycles. The topological polar surface area (TPSA) is 55.6 Å². The number of tetrazole rings is 1. The summed E-state index contributed by atoms with van der Waals surface area (Å²) in [5.74, 6) is 1.60. The molecule has 1 N–H and O–H groups in total. The highest BCUT2D eigenvalue weighted by molar-refractivity contribution is 6.31. The Labute approximate surface area is 171 Å². The van der Waals surface area contributed by atoms with Gasteiger partial charge in [-0.2, -0.15) is 4.68 Å². The van der Waals surface area contributed by atoms with Crippen molar-refractivity contribution in [1.82, 2.24) is 25.5 Å². The maximum Gasteiger partial charge on any atom is 0.176 e. The number of aromatic nitrogens is 4. The number of benzene rings is 2. The van der Waals surface area contributed by atoms with E-state index in [0.717, 1.165) is 60.2 Å². The zero-order chi connectivity index (χ0) is 19.6. The molecule has 6 heteroatoms. The van der Waals surface area contributed by atoms with Crippen molar-refractivity contribution in [2.24, 2.45) is 5.92 Å². The zero-order valence-electron chi connectivity index (χ0n) is 16.4. The molecule has 5 nitrogen and oxygen atoms in total. The quantitative estimate of drug-likeness (QED) is 0.672. The van der Waals surface area contributed by atoms with Gasteiger partial charge in [0.2, 0.25) is 0 Å². The van der Waals surface area contributed by atoms with Crippen LogP contribution in [0.5, 0.6) is 0 Å². The average molecular weight is 396 g/mol. The summed E-state index contributed by atoms with van der Waals surface area (Å²) in [7, 11) is 0. The molecule has 1 aliphatic rings. The minimum atomic E-state index is -0.249. The fraction of sp³-hybridized carbons (Fsp3) is 0.409. The van der Waals surface area contributed by atoms with Crippen LogP contribution in [0.2, 0.25) is 5.02 Å². The minimum Gasteiger partial charge on any atom is -0.301 e. The number of rotatable bonds is 5. The van der Waals surface area contributed by atoms with Gasteiger partial charge in [0.15, 0.2) is 5.82 Å². The van der Waals surface area contributed by atoms with Crippen molar-refractivity contribution in [2.75, 3.05) is 0 Å². The predicted molar refractivity (Wildman–Crippen MR) is 111 cm³/mol. The van der Waals surface area contributed by atoms with E-state index in [1.807, 2.05) is 35.9 Å². The van der Waals surface area contributed by atoms with E-state index in [1.54, 1.807) is 0 Å². The highest BCUT2D eigenvalue weighted by Crippen LogP contribution is 2.39. The fourth-order valence-electron chi connectivity index (χ4n) is 4.07. The lowest BCUT2D eigenvalue weighted by atomic mass is 9.76. The predicted octanol–water partition coefficient (Wildman–Crippen LogP) is 4.82. The second-order valence-corrected chi connectivity index (χ2v) is 8.31. The first kappa shape index (κ1) is 19.1. The molecule has 0 spiro atoms. The van der Waals surface area contributed by atoms with Gasteiger partial charge in [0.05, 0.1) is 11.2 Å². The zero-order valence-corrected chi connectivity index (χ0v) is 17.2. The van der Waals surface area contributed by atoms with Gasteiger partial charge in [-0.3, -0.25) is 0 Å². The highest BCUT2D eigenvalue weighted by atomic mass is 35.5. The maximum absolute atomic E-state index is 6.37.